The molecule has 66 valence electrons. The van der Waals surface area contributed by atoms with Gasteiger partial charge in [-0.2, -0.15) is 0 Å². The fourth-order valence-electron chi connectivity index (χ4n) is 1.64. The molecule has 0 amide bonds. The summed E-state index contributed by atoms with van der Waals surface area (Å²) in [6.07, 6.45) is 0. The lowest BCUT2D eigenvalue weighted by atomic mass is 9.98. The Labute approximate surface area is 70.0 Å². The number of hydrogen-bond acceptors (Lipinski definition) is 2. The molecule has 2 nitrogen and oxygen atoms in total. The molecule has 0 unspecified atom stereocenters. The largest absolute Gasteiger partial charge is 0.316 e. The normalized spacial score (nSPS) is 31.6. The van der Waals surface area contributed by atoms with E-state index < -0.39 is 0 Å². The lowest BCUT2D eigenvalue weighted by Gasteiger charge is -2.21. The van der Waals surface area contributed by atoms with Crippen LogP contribution in [0.25, 0.3) is 0 Å². The molecule has 2 heteroatoms. The minimum atomic E-state index is 0.865. The Morgan fingerprint density at radius 3 is 2.64 bits per heavy atom. The van der Waals surface area contributed by atoms with Gasteiger partial charge in [0.25, 0.3) is 0 Å². The van der Waals surface area contributed by atoms with E-state index in [1.165, 1.54) is 26.2 Å². The molecule has 1 rings (SSSR count). The van der Waals surface area contributed by atoms with E-state index in [-0.39, 0.29) is 0 Å². The second-order valence-electron chi connectivity index (χ2n) is 3.75. The van der Waals surface area contributed by atoms with E-state index in [0.717, 1.165) is 11.8 Å². The predicted molar refractivity (Wildman–Crippen MR) is 48.7 cm³/mol. The summed E-state index contributed by atoms with van der Waals surface area (Å²) in [7, 11) is 2.20. The Bertz CT molecular complexity index is 114. The molecule has 0 aromatic heterocycles. The van der Waals surface area contributed by atoms with Crippen molar-refractivity contribution in [3.63, 3.8) is 0 Å². The van der Waals surface area contributed by atoms with Gasteiger partial charge in [-0.05, 0) is 38.5 Å². The molecule has 0 bridgehead atoms. The molecular formula is C9H20N2. The van der Waals surface area contributed by atoms with Gasteiger partial charge >= 0.3 is 0 Å². The first kappa shape index (κ1) is 9.01. The monoisotopic (exact) mass is 156 g/mol. The molecule has 0 aromatic rings. The molecule has 1 aliphatic heterocycles. The van der Waals surface area contributed by atoms with Crippen molar-refractivity contribution in [1.29, 1.82) is 0 Å². The van der Waals surface area contributed by atoms with Gasteiger partial charge in [-0.1, -0.05) is 13.8 Å². The van der Waals surface area contributed by atoms with Gasteiger partial charge in [0.2, 0.25) is 0 Å². The Morgan fingerprint density at radius 1 is 1.45 bits per heavy atom. The molecule has 0 radical (unpaired) electrons. The third kappa shape index (κ3) is 2.46. The van der Waals surface area contributed by atoms with E-state index in [2.05, 4.69) is 31.1 Å². The average molecular weight is 156 g/mol. The van der Waals surface area contributed by atoms with Crippen LogP contribution in [0, 0.1) is 11.8 Å². The molecule has 2 atom stereocenters. The topological polar surface area (TPSA) is 15.3 Å². The second kappa shape index (κ2) is 4.07. The van der Waals surface area contributed by atoms with Crippen LogP contribution in [0.4, 0.5) is 0 Å². The maximum atomic E-state index is 3.42. The first-order chi connectivity index (χ1) is 5.24. The van der Waals surface area contributed by atoms with E-state index in [4.69, 9.17) is 0 Å². The summed E-state index contributed by atoms with van der Waals surface area (Å²) in [6.45, 7) is 9.41. The van der Waals surface area contributed by atoms with Crippen molar-refractivity contribution in [2.75, 3.05) is 33.2 Å². The van der Waals surface area contributed by atoms with Gasteiger partial charge in [0.05, 0.1) is 0 Å². The summed E-state index contributed by atoms with van der Waals surface area (Å²) in [5.74, 6) is 1.74. The van der Waals surface area contributed by atoms with Crippen LogP contribution in [0.15, 0.2) is 0 Å². The summed E-state index contributed by atoms with van der Waals surface area (Å²) < 4.78 is 0. The fraction of sp³-hybridized carbons (Fsp3) is 1.00. The minimum absolute atomic E-state index is 0.865. The molecule has 1 aliphatic rings. The summed E-state index contributed by atoms with van der Waals surface area (Å²) >= 11 is 0. The maximum absolute atomic E-state index is 3.42. The van der Waals surface area contributed by atoms with Crippen LogP contribution in [0.1, 0.15) is 13.8 Å². The summed E-state index contributed by atoms with van der Waals surface area (Å²) in [5, 5.41) is 3.42. The van der Waals surface area contributed by atoms with Gasteiger partial charge in [-0.3, -0.25) is 0 Å². The summed E-state index contributed by atoms with van der Waals surface area (Å²) in [4.78, 5) is 2.40. The lowest BCUT2D eigenvalue weighted by molar-refractivity contribution is 0.269. The van der Waals surface area contributed by atoms with E-state index in [1.807, 2.05) is 0 Å². The molecule has 0 spiro atoms. The molecule has 1 saturated heterocycles. The second-order valence-corrected chi connectivity index (χ2v) is 3.75. The lowest BCUT2D eigenvalue weighted by Crippen LogP contribution is -2.28. The van der Waals surface area contributed by atoms with Crippen molar-refractivity contribution in [3.05, 3.63) is 0 Å². The van der Waals surface area contributed by atoms with Crippen LogP contribution < -0.4 is 5.32 Å². The van der Waals surface area contributed by atoms with E-state index in [9.17, 15) is 0 Å². The van der Waals surface area contributed by atoms with E-state index in [1.54, 1.807) is 0 Å². The maximum Gasteiger partial charge on any atom is 0.00217 e. The molecule has 1 N–H and O–H groups in total. The highest BCUT2D eigenvalue weighted by atomic mass is 15.1. The first-order valence-corrected chi connectivity index (χ1v) is 4.63. The van der Waals surface area contributed by atoms with Crippen molar-refractivity contribution >= 4 is 0 Å². The van der Waals surface area contributed by atoms with E-state index in [0.29, 0.717) is 0 Å². The van der Waals surface area contributed by atoms with Crippen LogP contribution in [-0.4, -0.2) is 38.1 Å². The minimum Gasteiger partial charge on any atom is -0.316 e. The third-order valence-corrected chi connectivity index (χ3v) is 2.76. The quantitative estimate of drug-likeness (QED) is 0.650. The van der Waals surface area contributed by atoms with Crippen LogP contribution in [0.3, 0.4) is 0 Å². The van der Waals surface area contributed by atoms with Crippen molar-refractivity contribution in [1.82, 2.24) is 10.2 Å². The standard InChI is InChI=1S/C9H20N2/c1-4-11(3)7-9-6-10-5-8(9)2/h8-10H,4-7H2,1-3H3/t8-,9+/m1/s1. The van der Waals surface area contributed by atoms with Gasteiger partial charge in [-0.25, -0.2) is 0 Å². The molecule has 0 saturated carbocycles. The number of hydrogen-bond donors (Lipinski definition) is 1. The zero-order valence-corrected chi connectivity index (χ0v) is 7.93. The predicted octanol–water partition coefficient (Wildman–Crippen LogP) is 0.794. The Hall–Kier alpha value is -0.0800. The zero-order valence-electron chi connectivity index (χ0n) is 7.93. The molecule has 0 aliphatic carbocycles. The Morgan fingerprint density at radius 2 is 2.18 bits per heavy atom. The van der Waals surface area contributed by atoms with Crippen molar-refractivity contribution < 1.29 is 0 Å². The van der Waals surface area contributed by atoms with Crippen molar-refractivity contribution in [3.8, 4) is 0 Å². The molecule has 1 fully saturated rings. The Balaban J connectivity index is 2.24. The highest BCUT2D eigenvalue weighted by Gasteiger charge is 2.23. The van der Waals surface area contributed by atoms with Gasteiger partial charge in [-0.15, -0.1) is 0 Å². The van der Waals surface area contributed by atoms with Gasteiger partial charge in [0.15, 0.2) is 0 Å². The first-order valence-electron chi connectivity index (χ1n) is 4.63. The van der Waals surface area contributed by atoms with Crippen LogP contribution in [-0.2, 0) is 0 Å². The fourth-order valence-corrected chi connectivity index (χ4v) is 1.64. The number of nitrogens with one attached hydrogen (secondary N) is 1. The van der Waals surface area contributed by atoms with Crippen LogP contribution in [0.5, 0.6) is 0 Å². The van der Waals surface area contributed by atoms with Gasteiger partial charge < -0.3 is 10.2 Å². The summed E-state index contributed by atoms with van der Waals surface area (Å²) in [5.41, 5.74) is 0. The highest BCUT2D eigenvalue weighted by Crippen LogP contribution is 2.16. The smallest absolute Gasteiger partial charge is 0.00217 e. The number of nitrogens with zero attached hydrogens (tertiary/aromatic N) is 1. The van der Waals surface area contributed by atoms with Gasteiger partial charge in [0, 0.05) is 6.54 Å². The van der Waals surface area contributed by atoms with Crippen molar-refractivity contribution in [2.45, 2.75) is 13.8 Å². The molecule has 0 aromatic carbocycles. The summed E-state index contributed by atoms with van der Waals surface area (Å²) in [6, 6.07) is 0. The highest BCUT2D eigenvalue weighted by molar-refractivity contribution is 4.79. The van der Waals surface area contributed by atoms with Gasteiger partial charge in [0.1, 0.15) is 0 Å². The molecule has 11 heavy (non-hydrogen) atoms. The molecular weight excluding hydrogens is 136 g/mol. The zero-order chi connectivity index (χ0) is 8.27. The number of rotatable bonds is 3. The van der Waals surface area contributed by atoms with Crippen LogP contribution in [0.2, 0.25) is 0 Å². The molecule has 1 heterocycles. The SMILES string of the molecule is CCN(C)C[C@@H]1CNC[C@H]1C. The van der Waals surface area contributed by atoms with E-state index >= 15 is 0 Å². The third-order valence-electron chi connectivity index (χ3n) is 2.76. The Kier molecular flexibility index (Phi) is 3.34. The van der Waals surface area contributed by atoms with Crippen molar-refractivity contribution in [2.24, 2.45) is 11.8 Å². The average Bonchev–Trinajstić information content (AvgIpc) is 2.37. The van der Waals surface area contributed by atoms with Crippen LogP contribution >= 0.6 is 0 Å².